The first-order valence-corrected chi connectivity index (χ1v) is 9.36. The molecule has 5 nitrogen and oxygen atoms in total. The van der Waals surface area contributed by atoms with E-state index in [-0.39, 0.29) is 35.7 Å². The minimum absolute atomic E-state index is 0.00788. The molecule has 3 rings (SSSR count). The maximum absolute atomic E-state index is 13.4. The number of carbonyl (C=O) groups excluding carboxylic acids is 2. The number of cyclic esters (lactones) is 1. The number of halogens is 1. The first-order chi connectivity index (χ1) is 12.6. The first kappa shape index (κ1) is 18.8. The van der Waals surface area contributed by atoms with Gasteiger partial charge in [-0.05, 0) is 48.8 Å². The minimum atomic E-state index is -0.358. The fourth-order valence-corrected chi connectivity index (χ4v) is 4.15. The van der Waals surface area contributed by atoms with Crippen LogP contribution in [0.25, 0.3) is 0 Å². The molecule has 0 radical (unpaired) electrons. The standard InChI is InChI=1S/C20H26FNO4/c1-2-18-13-26-20(24)22(18)11-16(12-23)19(15-7-9-25-10-8-15)14-3-5-17(21)6-4-14/h3-6,12,15-16,18-19H,2,7-11,13H2,1H3. The Morgan fingerprint density at radius 2 is 1.96 bits per heavy atom. The van der Waals surface area contributed by atoms with E-state index in [1.807, 2.05) is 6.92 Å². The second-order valence-electron chi connectivity index (χ2n) is 7.12. The van der Waals surface area contributed by atoms with Crippen molar-refractivity contribution in [2.24, 2.45) is 11.8 Å². The van der Waals surface area contributed by atoms with Crippen LogP contribution >= 0.6 is 0 Å². The zero-order valence-corrected chi connectivity index (χ0v) is 15.1. The van der Waals surface area contributed by atoms with E-state index >= 15 is 0 Å². The molecular weight excluding hydrogens is 337 g/mol. The van der Waals surface area contributed by atoms with Gasteiger partial charge in [0.1, 0.15) is 18.7 Å². The van der Waals surface area contributed by atoms with Crippen LogP contribution in [0.3, 0.4) is 0 Å². The summed E-state index contributed by atoms with van der Waals surface area (Å²) >= 11 is 0. The number of carbonyl (C=O) groups is 2. The van der Waals surface area contributed by atoms with Crippen molar-refractivity contribution >= 4 is 12.4 Å². The quantitative estimate of drug-likeness (QED) is 0.697. The molecule has 2 saturated heterocycles. The van der Waals surface area contributed by atoms with Crippen molar-refractivity contribution in [1.82, 2.24) is 4.90 Å². The molecule has 0 spiro atoms. The summed E-state index contributed by atoms with van der Waals surface area (Å²) in [4.78, 5) is 25.8. The third-order valence-electron chi connectivity index (χ3n) is 5.62. The van der Waals surface area contributed by atoms with Gasteiger partial charge < -0.3 is 19.2 Å². The number of hydrogen-bond donors (Lipinski definition) is 0. The average molecular weight is 363 g/mol. The van der Waals surface area contributed by atoms with E-state index in [0.29, 0.717) is 26.4 Å². The molecule has 2 fully saturated rings. The zero-order chi connectivity index (χ0) is 18.5. The molecule has 1 aromatic carbocycles. The molecule has 3 atom stereocenters. The van der Waals surface area contributed by atoms with Crippen molar-refractivity contribution in [2.75, 3.05) is 26.4 Å². The summed E-state index contributed by atoms with van der Waals surface area (Å²) in [6.07, 6.45) is 3.09. The van der Waals surface area contributed by atoms with Crippen molar-refractivity contribution in [3.63, 3.8) is 0 Å². The maximum Gasteiger partial charge on any atom is 0.410 e. The Balaban J connectivity index is 1.86. The van der Waals surface area contributed by atoms with Crippen LogP contribution in [0, 0.1) is 17.7 Å². The van der Waals surface area contributed by atoms with Crippen LogP contribution in [-0.4, -0.2) is 49.7 Å². The number of ether oxygens (including phenoxy) is 2. The Labute approximate surface area is 153 Å². The van der Waals surface area contributed by atoms with Gasteiger partial charge in [0.05, 0.1) is 6.04 Å². The highest BCUT2D eigenvalue weighted by atomic mass is 19.1. The van der Waals surface area contributed by atoms with Crippen LogP contribution < -0.4 is 0 Å². The van der Waals surface area contributed by atoms with Crippen LogP contribution in [-0.2, 0) is 14.3 Å². The van der Waals surface area contributed by atoms with Gasteiger partial charge in [0.15, 0.2) is 0 Å². The van der Waals surface area contributed by atoms with E-state index in [1.54, 1.807) is 17.0 Å². The van der Waals surface area contributed by atoms with Gasteiger partial charge in [-0.2, -0.15) is 0 Å². The Hall–Kier alpha value is -1.95. The third kappa shape index (κ3) is 4.06. The lowest BCUT2D eigenvalue weighted by Crippen LogP contribution is -2.41. The smallest absolute Gasteiger partial charge is 0.410 e. The molecule has 1 amide bonds. The highest BCUT2D eigenvalue weighted by molar-refractivity contribution is 5.71. The van der Waals surface area contributed by atoms with E-state index in [2.05, 4.69) is 0 Å². The van der Waals surface area contributed by atoms with Crippen LogP contribution in [0.15, 0.2) is 24.3 Å². The Morgan fingerprint density at radius 1 is 1.27 bits per heavy atom. The molecule has 1 aromatic rings. The van der Waals surface area contributed by atoms with Crippen molar-refractivity contribution in [2.45, 2.75) is 38.1 Å². The molecule has 0 bridgehead atoms. The summed E-state index contributed by atoms with van der Waals surface area (Å²) in [7, 11) is 0. The number of aldehydes is 1. The Morgan fingerprint density at radius 3 is 2.58 bits per heavy atom. The molecule has 2 aliphatic rings. The molecule has 3 unspecified atom stereocenters. The summed E-state index contributed by atoms with van der Waals surface area (Å²) in [5.74, 6) is -0.453. The molecule has 0 N–H and O–H groups in total. The number of nitrogens with zero attached hydrogens (tertiary/aromatic N) is 1. The summed E-state index contributed by atoms with van der Waals surface area (Å²) < 4.78 is 24.0. The molecule has 142 valence electrons. The van der Waals surface area contributed by atoms with Gasteiger partial charge in [-0.1, -0.05) is 19.1 Å². The van der Waals surface area contributed by atoms with Crippen molar-refractivity contribution in [3.05, 3.63) is 35.6 Å². The molecule has 2 heterocycles. The van der Waals surface area contributed by atoms with Crippen LogP contribution in [0.2, 0.25) is 0 Å². The largest absolute Gasteiger partial charge is 0.447 e. The monoisotopic (exact) mass is 363 g/mol. The zero-order valence-electron chi connectivity index (χ0n) is 15.1. The topological polar surface area (TPSA) is 55.8 Å². The predicted octanol–water partition coefficient (Wildman–Crippen LogP) is 3.38. The predicted molar refractivity (Wildman–Crippen MR) is 94.4 cm³/mol. The van der Waals surface area contributed by atoms with Gasteiger partial charge in [-0.25, -0.2) is 9.18 Å². The van der Waals surface area contributed by atoms with E-state index in [0.717, 1.165) is 31.1 Å². The first-order valence-electron chi connectivity index (χ1n) is 9.36. The lowest BCUT2D eigenvalue weighted by atomic mass is 9.74. The molecule has 0 aromatic heterocycles. The number of amides is 1. The lowest BCUT2D eigenvalue weighted by Gasteiger charge is -2.36. The van der Waals surface area contributed by atoms with Gasteiger partial charge >= 0.3 is 6.09 Å². The summed E-state index contributed by atoms with van der Waals surface area (Å²) in [5, 5.41) is 0. The van der Waals surface area contributed by atoms with Gasteiger partial charge in [0.2, 0.25) is 0 Å². The molecule has 0 saturated carbocycles. The molecule has 26 heavy (non-hydrogen) atoms. The van der Waals surface area contributed by atoms with E-state index < -0.39 is 0 Å². The van der Waals surface area contributed by atoms with Gasteiger partial charge in [0, 0.05) is 25.7 Å². The average Bonchev–Trinajstić information content (AvgIpc) is 3.03. The Kier molecular flexibility index (Phi) is 6.25. The maximum atomic E-state index is 13.4. The fraction of sp³-hybridized carbons (Fsp3) is 0.600. The van der Waals surface area contributed by atoms with E-state index in [4.69, 9.17) is 9.47 Å². The number of hydrogen-bond acceptors (Lipinski definition) is 4. The van der Waals surface area contributed by atoms with Crippen molar-refractivity contribution in [1.29, 1.82) is 0 Å². The highest BCUT2D eigenvalue weighted by Crippen LogP contribution is 2.38. The second kappa shape index (κ2) is 8.62. The summed E-state index contributed by atoms with van der Waals surface area (Å²) in [5.41, 5.74) is 0.941. The normalized spacial score (nSPS) is 23.5. The number of benzene rings is 1. The molecular formula is C20H26FNO4. The highest BCUT2D eigenvalue weighted by Gasteiger charge is 2.38. The minimum Gasteiger partial charge on any atom is -0.447 e. The molecule has 2 aliphatic heterocycles. The Bertz CT molecular complexity index is 615. The van der Waals surface area contributed by atoms with Crippen LogP contribution in [0.4, 0.5) is 9.18 Å². The van der Waals surface area contributed by atoms with E-state index in [9.17, 15) is 14.0 Å². The number of rotatable bonds is 7. The fourth-order valence-electron chi connectivity index (χ4n) is 4.15. The van der Waals surface area contributed by atoms with Gasteiger partial charge in [-0.3, -0.25) is 0 Å². The van der Waals surface area contributed by atoms with Crippen molar-refractivity contribution < 1.29 is 23.5 Å². The third-order valence-corrected chi connectivity index (χ3v) is 5.62. The van der Waals surface area contributed by atoms with E-state index in [1.165, 1.54) is 12.1 Å². The lowest BCUT2D eigenvalue weighted by molar-refractivity contribution is -0.113. The second-order valence-corrected chi connectivity index (χ2v) is 7.12. The van der Waals surface area contributed by atoms with Crippen molar-refractivity contribution in [3.8, 4) is 0 Å². The van der Waals surface area contributed by atoms with Crippen LogP contribution in [0.5, 0.6) is 0 Å². The molecule has 6 heteroatoms. The van der Waals surface area contributed by atoms with Gasteiger partial charge in [-0.15, -0.1) is 0 Å². The van der Waals surface area contributed by atoms with Gasteiger partial charge in [0.25, 0.3) is 0 Å². The van der Waals surface area contributed by atoms with Crippen LogP contribution in [0.1, 0.15) is 37.7 Å². The molecule has 0 aliphatic carbocycles. The summed E-state index contributed by atoms with van der Waals surface area (Å²) in [6.45, 7) is 4.04. The SMILES string of the molecule is CCC1COC(=O)N1CC(C=O)C(c1ccc(F)cc1)C1CCOCC1. The summed E-state index contributed by atoms with van der Waals surface area (Å²) in [6, 6.07) is 6.38.